The van der Waals surface area contributed by atoms with Crippen molar-refractivity contribution in [2.24, 2.45) is 11.3 Å². The lowest BCUT2D eigenvalue weighted by atomic mass is 9.94. The SMILES string of the molecule is CC1CC1(C)C(=O)c1c[nH]c2ccccc12. The number of benzene rings is 1. The largest absolute Gasteiger partial charge is 0.360 e. The third-order valence-electron chi connectivity index (χ3n) is 4.01. The fraction of sp³-hybridized carbons (Fsp3) is 0.357. The van der Waals surface area contributed by atoms with Crippen LogP contribution < -0.4 is 0 Å². The molecular weight excluding hydrogens is 198 g/mol. The van der Waals surface area contributed by atoms with Crippen LogP contribution in [-0.4, -0.2) is 10.8 Å². The number of aromatic nitrogens is 1. The average Bonchev–Trinajstić information content (AvgIpc) is 2.76. The first-order valence-electron chi connectivity index (χ1n) is 5.74. The molecule has 2 atom stereocenters. The number of carbonyl (C=O) groups excluding carboxylic acids is 1. The maximum absolute atomic E-state index is 12.4. The Morgan fingerprint density at radius 3 is 2.81 bits per heavy atom. The number of carbonyl (C=O) groups is 1. The molecule has 3 rings (SSSR count). The van der Waals surface area contributed by atoms with E-state index < -0.39 is 0 Å². The molecule has 1 aliphatic carbocycles. The monoisotopic (exact) mass is 213 g/mol. The first kappa shape index (κ1) is 9.64. The van der Waals surface area contributed by atoms with Gasteiger partial charge in [-0.3, -0.25) is 4.79 Å². The van der Waals surface area contributed by atoms with Crippen LogP contribution in [0.4, 0.5) is 0 Å². The summed E-state index contributed by atoms with van der Waals surface area (Å²) in [7, 11) is 0. The summed E-state index contributed by atoms with van der Waals surface area (Å²) in [5.41, 5.74) is 1.77. The van der Waals surface area contributed by atoms with E-state index in [-0.39, 0.29) is 11.2 Å². The standard InChI is InChI=1S/C14H15NO/c1-9-7-14(9,2)13(16)11-8-15-12-6-4-3-5-10(11)12/h3-6,8-9,15H,7H2,1-2H3. The fourth-order valence-corrected chi connectivity index (χ4v) is 2.46. The van der Waals surface area contributed by atoms with Gasteiger partial charge in [0, 0.05) is 28.1 Å². The third kappa shape index (κ3) is 1.16. The van der Waals surface area contributed by atoms with Crippen molar-refractivity contribution in [1.29, 1.82) is 0 Å². The van der Waals surface area contributed by atoms with E-state index in [0.717, 1.165) is 22.9 Å². The number of nitrogens with one attached hydrogen (secondary N) is 1. The van der Waals surface area contributed by atoms with Gasteiger partial charge in [0.1, 0.15) is 0 Å². The Labute approximate surface area is 94.7 Å². The Kier molecular flexibility index (Phi) is 1.79. The van der Waals surface area contributed by atoms with Crippen LogP contribution in [0.25, 0.3) is 10.9 Å². The average molecular weight is 213 g/mol. The highest BCUT2D eigenvalue weighted by atomic mass is 16.1. The van der Waals surface area contributed by atoms with Crippen molar-refractivity contribution in [3.05, 3.63) is 36.0 Å². The molecule has 1 aromatic heterocycles. The predicted molar refractivity (Wildman–Crippen MR) is 64.5 cm³/mol. The normalized spacial score (nSPS) is 28.2. The van der Waals surface area contributed by atoms with Crippen molar-refractivity contribution in [3.63, 3.8) is 0 Å². The molecular formula is C14H15NO. The van der Waals surface area contributed by atoms with Crippen LogP contribution in [0.5, 0.6) is 0 Å². The zero-order valence-electron chi connectivity index (χ0n) is 9.58. The Morgan fingerprint density at radius 1 is 1.44 bits per heavy atom. The number of fused-ring (bicyclic) bond motifs is 1. The lowest BCUT2D eigenvalue weighted by molar-refractivity contribution is 0.0904. The number of rotatable bonds is 2. The van der Waals surface area contributed by atoms with E-state index >= 15 is 0 Å². The van der Waals surface area contributed by atoms with E-state index in [1.54, 1.807) is 0 Å². The number of Topliss-reactive ketones (excluding diaryl/α,β-unsaturated/α-hetero) is 1. The maximum atomic E-state index is 12.4. The highest BCUT2D eigenvalue weighted by Crippen LogP contribution is 2.54. The molecule has 2 aromatic rings. The molecule has 82 valence electrons. The summed E-state index contributed by atoms with van der Waals surface area (Å²) in [6, 6.07) is 7.97. The van der Waals surface area contributed by atoms with Gasteiger partial charge in [-0.05, 0) is 18.4 Å². The Hall–Kier alpha value is -1.57. The van der Waals surface area contributed by atoms with E-state index in [0.29, 0.717) is 5.92 Å². The van der Waals surface area contributed by atoms with Gasteiger partial charge < -0.3 is 4.98 Å². The molecule has 1 aromatic carbocycles. The van der Waals surface area contributed by atoms with Crippen LogP contribution in [0, 0.1) is 11.3 Å². The summed E-state index contributed by atoms with van der Waals surface area (Å²) >= 11 is 0. The number of aromatic amines is 1. The van der Waals surface area contributed by atoms with Gasteiger partial charge in [-0.1, -0.05) is 32.0 Å². The Balaban J connectivity index is 2.10. The Bertz CT molecular complexity index is 569. The molecule has 1 saturated carbocycles. The van der Waals surface area contributed by atoms with Gasteiger partial charge in [0.05, 0.1) is 0 Å². The van der Waals surface area contributed by atoms with Crippen LogP contribution in [0.2, 0.25) is 0 Å². The van der Waals surface area contributed by atoms with E-state index in [1.807, 2.05) is 30.5 Å². The van der Waals surface area contributed by atoms with Gasteiger partial charge in [0.2, 0.25) is 0 Å². The molecule has 0 aliphatic heterocycles. The topological polar surface area (TPSA) is 32.9 Å². The van der Waals surface area contributed by atoms with Crippen molar-refractivity contribution < 1.29 is 4.79 Å². The van der Waals surface area contributed by atoms with Crippen LogP contribution >= 0.6 is 0 Å². The molecule has 1 aliphatic rings. The molecule has 1 fully saturated rings. The highest BCUT2D eigenvalue weighted by molar-refractivity contribution is 6.11. The molecule has 2 unspecified atom stereocenters. The van der Waals surface area contributed by atoms with Gasteiger partial charge in [-0.15, -0.1) is 0 Å². The summed E-state index contributed by atoms with van der Waals surface area (Å²) in [6.45, 7) is 4.22. The first-order valence-corrected chi connectivity index (χ1v) is 5.74. The number of hydrogen-bond donors (Lipinski definition) is 1. The summed E-state index contributed by atoms with van der Waals surface area (Å²) in [5.74, 6) is 0.811. The lowest BCUT2D eigenvalue weighted by Crippen LogP contribution is -2.13. The summed E-state index contributed by atoms with van der Waals surface area (Å²) in [6.07, 6.45) is 2.87. The minimum Gasteiger partial charge on any atom is -0.360 e. The summed E-state index contributed by atoms with van der Waals surface area (Å²) in [4.78, 5) is 15.6. The van der Waals surface area contributed by atoms with Crippen LogP contribution in [-0.2, 0) is 0 Å². The van der Waals surface area contributed by atoms with E-state index in [4.69, 9.17) is 0 Å². The van der Waals surface area contributed by atoms with Gasteiger partial charge in [-0.25, -0.2) is 0 Å². The molecule has 16 heavy (non-hydrogen) atoms. The first-order chi connectivity index (χ1) is 7.63. The molecule has 0 radical (unpaired) electrons. The van der Waals surface area contributed by atoms with Crippen LogP contribution in [0.3, 0.4) is 0 Å². The zero-order chi connectivity index (χ0) is 11.3. The molecule has 1 N–H and O–H groups in total. The molecule has 0 amide bonds. The van der Waals surface area contributed by atoms with E-state index in [9.17, 15) is 4.79 Å². The van der Waals surface area contributed by atoms with Crippen LogP contribution in [0.15, 0.2) is 30.5 Å². The summed E-state index contributed by atoms with van der Waals surface area (Å²) in [5, 5.41) is 1.05. The second-order valence-corrected chi connectivity index (χ2v) is 5.10. The molecule has 1 heterocycles. The minimum atomic E-state index is -0.120. The van der Waals surface area contributed by atoms with Crippen molar-refractivity contribution >= 4 is 16.7 Å². The lowest BCUT2D eigenvalue weighted by Gasteiger charge is -2.07. The Morgan fingerprint density at radius 2 is 2.12 bits per heavy atom. The van der Waals surface area contributed by atoms with Gasteiger partial charge in [-0.2, -0.15) is 0 Å². The maximum Gasteiger partial charge on any atom is 0.171 e. The van der Waals surface area contributed by atoms with E-state index in [2.05, 4.69) is 18.8 Å². The predicted octanol–water partition coefficient (Wildman–Crippen LogP) is 3.40. The minimum absolute atomic E-state index is 0.120. The van der Waals surface area contributed by atoms with Crippen molar-refractivity contribution in [1.82, 2.24) is 4.98 Å². The van der Waals surface area contributed by atoms with Gasteiger partial charge in [0.25, 0.3) is 0 Å². The van der Waals surface area contributed by atoms with E-state index in [1.165, 1.54) is 0 Å². The number of para-hydroxylation sites is 1. The zero-order valence-corrected chi connectivity index (χ0v) is 9.58. The quantitative estimate of drug-likeness (QED) is 0.762. The number of H-pyrrole nitrogens is 1. The molecule has 0 saturated heterocycles. The van der Waals surface area contributed by atoms with Gasteiger partial charge >= 0.3 is 0 Å². The second-order valence-electron chi connectivity index (χ2n) is 5.10. The van der Waals surface area contributed by atoms with Crippen LogP contribution in [0.1, 0.15) is 30.6 Å². The summed E-state index contributed by atoms with van der Waals surface area (Å²) < 4.78 is 0. The molecule has 0 bridgehead atoms. The fourth-order valence-electron chi connectivity index (χ4n) is 2.46. The van der Waals surface area contributed by atoms with Gasteiger partial charge in [0.15, 0.2) is 5.78 Å². The number of hydrogen-bond acceptors (Lipinski definition) is 1. The van der Waals surface area contributed by atoms with Crippen molar-refractivity contribution in [2.45, 2.75) is 20.3 Å². The second kappa shape index (κ2) is 2.97. The highest BCUT2D eigenvalue weighted by Gasteiger charge is 2.53. The molecule has 2 nitrogen and oxygen atoms in total. The smallest absolute Gasteiger partial charge is 0.171 e. The molecule has 0 spiro atoms. The molecule has 2 heteroatoms. The third-order valence-corrected chi connectivity index (χ3v) is 4.01. The van der Waals surface area contributed by atoms with Crippen molar-refractivity contribution in [2.75, 3.05) is 0 Å². The van der Waals surface area contributed by atoms with Crippen molar-refractivity contribution in [3.8, 4) is 0 Å². The number of ketones is 1.